The highest BCUT2D eigenvalue weighted by molar-refractivity contribution is 8.76. The Balaban J connectivity index is 1.31. The van der Waals surface area contributed by atoms with E-state index >= 15 is 0 Å². The predicted molar refractivity (Wildman–Crippen MR) is 140 cm³/mol. The van der Waals surface area contributed by atoms with Crippen LogP contribution in [0.4, 0.5) is 0 Å². The number of imidazole rings is 2. The van der Waals surface area contributed by atoms with Crippen LogP contribution in [-0.2, 0) is 41.6 Å². The number of nitrogens with zero attached hydrogens (tertiary/aromatic N) is 3. The fraction of sp³-hybridized carbons (Fsp3) is 0.609. The van der Waals surface area contributed by atoms with Crippen LogP contribution in [0.1, 0.15) is 25.0 Å². The van der Waals surface area contributed by atoms with Crippen molar-refractivity contribution in [2.45, 2.75) is 50.5 Å². The predicted octanol–water partition coefficient (Wildman–Crippen LogP) is 0.959. The number of hydrogen-bond acceptors (Lipinski definition) is 10. The normalized spacial score (nSPS) is 18.2. The van der Waals surface area contributed by atoms with Crippen molar-refractivity contribution in [3.63, 3.8) is 0 Å². The molecule has 1 fully saturated rings. The molecule has 2 amide bonds. The molecule has 0 spiro atoms. The van der Waals surface area contributed by atoms with E-state index in [1.807, 2.05) is 10.8 Å². The minimum Gasteiger partial charge on any atom is -0.467 e. The smallest absolute Gasteiger partial charge is 0.328 e. The number of ether oxygens (including phenoxy) is 3. The Labute approximate surface area is 223 Å². The maximum absolute atomic E-state index is 12.4. The van der Waals surface area contributed by atoms with Crippen molar-refractivity contribution in [3.8, 4) is 0 Å². The number of nitrogens with one attached hydrogen (secondary N) is 3. The van der Waals surface area contributed by atoms with Gasteiger partial charge in [0.2, 0.25) is 11.8 Å². The van der Waals surface area contributed by atoms with E-state index in [0.29, 0.717) is 18.8 Å². The minimum absolute atomic E-state index is 0.0482. The Morgan fingerprint density at radius 3 is 2.49 bits per heavy atom. The summed E-state index contributed by atoms with van der Waals surface area (Å²) in [6.07, 6.45) is 9.59. The average Bonchev–Trinajstić information content (AvgIpc) is 3.61. The van der Waals surface area contributed by atoms with Gasteiger partial charge in [0.25, 0.3) is 0 Å². The quantitative estimate of drug-likeness (QED) is 0.156. The van der Waals surface area contributed by atoms with E-state index < -0.39 is 12.0 Å². The first-order valence-electron chi connectivity index (χ1n) is 12.1. The fourth-order valence-electron chi connectivity index (χ4n) is 3.58. The maximum atomic E-state index is 12.4. The lowest BCUT2D eigenvalue weighted by Gasteiger charge is -2.30. The third-order valence-electron chi connectivity index (χ3n) is 5.56. The van der Waals surface area contributed by atoms with Gasteiger partial charge in [-0.1, -0.05) is 21.6 Å². The summed E-state index contributed by atoms with van der Waals surface area (Å²) in [5, 5.41) is 5.61. The van der Waals surface area contributed by atoms with Crippen molar-refractivity contribution in [2.75, 3.05) is 38.4 Å². The molecule has 1 aliphatic rings. The van der Waals surface area contributed by atoms with Gasteiger partial charge in [0, 0.05) is 68.1 Å². The summed E-state index contributed by atoms with van der Waals surface area (Å²) in [5.41, 5.74) is 0.715. The van der Waals surface area contributed by atoms with Crippen LogP contribution >= 0.6 is 21.6 Å². The second kappa shape index (κ2) is 16.3. The fourth-order valence-corrected chi connectivity index (χ4v) is 6.04. The van der Waals surface area contributed by atoms with Crippen molar-refractivity contribution in [1.29, 1.82) is 0 Å². The van der Waals surface area contributed by atoms with Crippen LogP contribution in [0.5, 0.6) is 0 Å². The molecule has 204 valence electrons. The van der Waals surface area contributed by atoms with Crippen LogP contribution in [0.25, 0.3) is 0 Å². The highest BCUT2D eigenvalue weighted by atomic mass is 33.1. The average molecular weight is 555 g/mol. The molecule has 1 unspecified atom stereocenters. The van der Waals surface area contributed by atoms with Gasteiger partial charge in [0.1, 0.15) is 6.04 Å². The molecule has 2 aromatic heterocycles. The van der Waals surface area contributed by atoms with Crippen LogP contribution in [0.3, 0.4) is 0 Å². The zero-order valence-corrected chi connectivity index (χ0v) is 22.4. The van der Waals surface area contributed by atoms with Crippen LogP contribution < -0.4 is 10.6 Å². The highest BCUT2D eigenvalue weighted by Gasteiger charge is 2.28. The summed E-state index contributed by atoms with van der Waals surface area (Å²) in [6.45, 7) is 1.90. The summed E-state index contributed by atoms with van der Waals surface area (Å²) in [7, 11) is 4.67. The third kappa shape index (κ3) is 10.8. The number of aryl methyl sites for hydroxylation is 1. The van der Waals surface area contributed by atoms with Gasteiger partial charge in [-0.15, -0.1) is 0 Å². The molecule has 1 aliphatic heterocycles. The van der Waals surface area contributed by atoms with Gasteiger partial charge >= 0.3 is 5.97 Å². The minimum atomic E-state index is -0.812. The van der Waals surface area contributed by atoms with E-state index in [2.05, 4.69) is 25.6 Å². The molecular weight excluding hydrogens is 520 g/mol. The molecule has 0 radical (unpaired) electrons. The number of methoxy groups -OCH3 is 1. The number of aromatic amines is 1. The van der Waals surface area contributed by atoms with Gasteiger partial charge in [-0.25, -0.2) is 14.8 Å². The molecule has 14 heteroatoms. The Morgan fingerprint density at radius 2 is 1.86 bits per heavy atom. The second-order valence-corrected chi connectivity index (χ2v) is 10.9. The van der Waals surface area contributed by atoms with E-state index in [1.165, 1.54) is 13.4 Å². The van der Waals surface area contributed by atoms with Crippen LogP contribution in [0.15, 0.2) is 31.2 Å². The zero-order valence-electron chi connectivity index (χ0n) is 20.8. The molecule has 3 N–H and O–H groups in total. The summed E-state index contributed by atoms with van der Waals surface area (Å²) in [6, 6.07) is -0.812. The Kier molecular flexibility index (Phi) is 12.8. The maximum Gasteiger partial charge on any atom is 0.328 e. The number of carbonyl (C=O) groups is 3. The van der Waals surface area contributed by atoms with Gasteiger partial charge in [0.15, 0.2) is 0 Å². The standard InChI is InChI=1S/C23H34N6O6S2/c1-33-23(32)18(11-17-12-25-15-27-17)28-22(31)4-10-35-20-14-37-36-13-19(20)34-9-3-21(30)26-5-2-7-29-8-6-24-16-29/h6,8,12,15-16,18-20H,2-5,7,9-11,13-14H2,1H3,(H,25,27)(H,26,30)(H,28,31)/t18?,19-,20-/m1/s1. The molecule has 3 atom stereocenters. The lowest BCUT2D eigenvalue weighted by molar-refractivity contribution is -0.145. The molecular formula is C23H34N6O6S2. The molecule has 2 aromatic rings. The van der Waals surface area contributed by atoms with Gasteiger partial charge in [-0.05, 0) is 6.42 Å². The number of carbonyl (C=O) groups excluding carboxylic acids is 3. The second-order valence-electron chi connectivity index (χ2n) is 8.32. The topological polar surface area (TPSA) is 149 Å². The molecule has 3 heterocycles. The van der Waals surface area contributed by atoms with E-state index in [4.69, 9.17) is 14.2 Å². The van der Waals surface area contributed by atoms with Crippen molar-refractivity contribution in [2.24, 2.45) is 0 Å². The van der Waals surface area contributed by atoms with Crippen LogP contribution in [-0.4, -0.2) is 93.9 Å². The zero-order chi connectivity index (χ0) is 26.3. The van der Waals surface area contributed by atoms with E-state index in [9.17, 15) is 14.4 Å². The number of aromatic nitrogens is 4. The monoisotopic (exact) mass is 554 g/mol. The number of rotatable bonds is 16. The molecule has 37 heavy (non-hydrogen) atoms. The lowest BCUT2D eigenvalue weighted by Crippen LogP contribution is -2.44. The van der Waals surface area contributed by atoms with E-state index in [0.717, 1.165) is 24.5 Å². The van der Waals surface area contributed by atoms with Crippen molar-refractivity contribution < 1.29 is 28.6 Å². The summed E-state index contributed by atoms with van der Waals surface area (Å²) >= 11 is 0. The Morgan fingerprint density at radius 1 is 1.14 bits per heavy atom. The van der Waals surface area contributed by atoms with Gasteiger partial charge in [-0.3, -0.25) is 9.59 Å². The number of amides is 2. The summed E-state index contributed by atoms with van der Waals surface area (Å²) < 4.78 is 18.7. The third-order valence-corrected chi connectivity index (χ3v) is 7.97. The molecule has 0 bridgehead atoms. The van der Waals surface area contributed by atoms with Gasteiger partial charge < -0.3 is 34.4 Å². The first-order valence-corrected chi connectivity index (χ1v) is 14.6. The Hall–Kier alpha value is -2.55. The van der Waals surface area contributed by atoms with Gasteiger partial charge in [-0.2, -0.15) is 0 Å². The van der Waals surface area contributed by atoms with Crippen LogP contribution in [0, 0.1) is 0 Å². The number of esters is 1. The first-order chi connectivity index (χ1) is 18.0. The van der Waals surface area contributed by atoms with Crippen LogP contribution in [0.2, 0.25) is 0 Å². The molecule has 1 saturated heterocycles. The first kappa shape index (κ1) is 29.0. The molecule has 0 aromatic carbocycles. The lowest BCUT2D eigenvalue weighted by atomic mass is 10.1. The highest BCUT2D eigenvalue weighted by Crippen LogP contribution is 2.32. The van der Waals surface area contributed by atoms with E-state index in [-0.39, 0.29) is 49.9 Å². The molecule has 3 rings (SSSR count). The summed E-state index contributed by atoms with van der Waals surface area (Å²) in [4.78, 5) is 47.4. The van der Waals surface area contributed by atoms with Gasteiger partial charge in [0.05, 0.1) is 45.2 Å². The van der Waals surface area contributed by atoms with Crippen molar-refractivity contribution in [1.82, 2.24) is 30.2 Å². The molecule has 0 saturated carbocycles. The van der Waals surface area contributed by atoms with Crippen molar-refractivity contribution in [3.05, 3.63) is 36.9 Å². The number of hydrogen-bond donors (Lipinski definition) is 3. The summed E-state index contributed by atoms with van der Waals surface area (Å²) in [5.74, 6) is 0.577. The SMILES string of the molecule is COC(=O)C(Cc1cnc[nH]1)NC(=O)CCO[C@@H]1CSSC[C@H]1OCCC(=O)NCCCn1ccnc1. The number of H-pyrrole nitrogens is 1. The molecule has 0 aliphatic carbocycles. The molecule has 12 nitrogen and oxygen atoms in total. The Bertz CT molecular complexity index is 946. The largest absolute Gasteiger partial charge is 0.467 e. The van der Waals surface area contributed by atoms with Crippen molar-refractivity contribution >= 4 is 39.4 Å². The van der Waals surface area contributed by atoms with E-state index in [1.54, 1.807) is 40.3 Å².